The van der Waals surface area contributed by atoms with Gasteiger partial charge in [0, 0.05) is 13.4 Å². The summed E-state index contributed by atoms with van der Waals surface area (Å²) in [5, 5.41) is 0. The third-order valence-electron chi connectivity index (χ3n) is 2.66. The topological polar surface area (TPSA) is 12.5 Å². The minimum absolute atomic E-state index is 0.0885. The lowest BCUT2D eigenvalue weighted by molar-refractivity contribution is 0.0683. The molecule has 0 heterocycles. The Morgan fingerprint density at radius 3 is 2.70 bits per heavy atom. The molecule has 2 rings (SSSR count). The molecule has 20 heavy (non-hydrogen) atoms. The number of rotatable bonds is 6. The van der Waals surface area contributed by atoms with Gasteiger partial charge in [-0.2, -0.15) is 0 Å². The average Bonchev–Trinajstić information content (AvgIpc) is 2.66. The quantitative estimate of drug-likeness (QED) is 0.800. The zero-order chi connectivity index (χ0) is 23.0. The smallest absolute Gasteiger partial charge is 0.108 e. The summed E-state index contributed by atoms with van der Waals surface area (Å²) in [5.74, 6) is 0. The van der Waals surface area contributed by atoms with E-state index in [0.717, 1.165) is 0 Å². The zero-order valence-electron chi connectivity index (χ0n) is 21.4. The van der Waals surface area contributed by atoms with Crippen LogP contribution in [0.4, 0.5) is 0 Å². The number of hydrogen-bond acceptors (Lipinski definition) is 2. The van der Waals surface area contributed by atoms with Crippen molar-refractivity contribution in [1.29, 1.82) is 0 Å². The molecule has 0 aliphatic rings. The molecule has 2 nitrogen and oxygen atoms in total. The van der Waals surface area contributed by atoms with Crippen molar-refractivity contribution in [2.75, 3.05) is 27.2 Å². The monoisotopic (exact) mass is 279 g/mol. The van der Waals surface area contributed by atoms with Crippen LogP contribution in [-0.2, 0) is 4.74 Å². The molecule has 0 bridgehead atoms. The van der Waals surface area contributed by atoms with Crippen LogP contribution in [0.1, 0.15) is 36.5 Å². The lowest BCUT2D eigenvalue weighted by Gasteiger charge is -2.22. The molecule has 0 saturated heterocycles. The molecular formula is C18H23NO. The summed E-state index contributed by atoms with van der Waals surface area (Å²) in [4.78, 5) is 1.27. The number of hydrogen-bond donors (Lipinski definition) is 0. The molecule has 106 valence electrons. The SMILES string of the molecule is [2H]c1c([2H])c([2H])c(C(OCC([2H])([2H])N(C)C)c2ccccc2C([2H])([2H])[2H])c([2H])c1[2H]. The number of benzene rings is 2. The maximum absolute atomic E-state index is 8.26. The molecule has 2 aromatic carbocycles. The highest BCUT2D eigenvalue weighted by molar-refractivity contribution is 5.35. The van der Waals surface area contributed by atoms with Gasteiger partial charge in [-0.05, 0) is 37.6 Å². The predicted molar refractivity (Wildman–Crippen MR) is 84.0 cm³/mol. The van der Waals surface area contributed by atoms with Gasteiger partial charge in [-0.25, -0.2) is 0 Å². The van der Waals surface area contributed by atoms with Gasteiger partial charge in [-0.1, -0.05) is 54.5 Å². The normalized spacial score (nSPS) is 21.1. The Bertz CT molecular complexity index is 897. The zero-order valence-corrected chi connectivity index (χ0v) is 11.4. The fourth-order valence-electron chi connectivity index (χ4n) is 1.69. The van der Waals surface area contributed by atoms with E-state index in [9.17, 15) is 0 Å². The van der Waals surface area contributed by atoms with Gasteiger partial charge in [0.2, 0.25) is 0 Å². The van der Waals surface area contributed by atoms with E-state index in [0.29, 0.717) is 0 Å². The minimum Gasteiger partial charge on any atom is -0.367 e. The molecule has 0 aliphatic heterocycles. The molecule has 0 fully saturated rings. The summed E-state index contributed by atoms with van der Waals surface area (Å²) >= 11 is 0. The van der Waals surface area contributed by atoms with Crippen LogP contribution in [0, 0.1) is 6.85 Å². The van der Waals surface area contributed by atoms with Crippen molar-refractivity contribution in [2.45, 2.75) is 13.0 Å². The van der Waals surface area contributed by atoms with Crippen molar-refractivity contribution in [1.82, 2.24) is 4.90 Å². The fourth-order valence-corrected chi connectivity index (χ4v) is 1.69. The Labute approximate surface area is 136 Å². The molecular weight excluding hydrogens is 246 g/mol. The highest BCUT2D eigenvalue weighted by Crippen LogP contribution is 2.28. The Hall–Kier alpha value is -1.64. The van der Waals surface area contributed by atoms with Gasteiger partial charge in [0.15, 0.2) is 0 Å². The third-order valence-corrected chi connectivity index (χ3v) is 2.66. The van der Waals surface area contributed by atoms with Crippen molar-refractivity contribution < 1.29 is 18.4 Å². The standard InChI is InChI=1S/C18H23NO/c1-15-9-7-8-12-17(15)18(20-14-13-19(2)3)16-10-5-4-6-11-16/h4-12,18H,13-14H2,1-3H3/i1D3,4D,5D,6D,10D,11D,13D2. The van der Waals surface area contributed by atoms with Crippen LogP contribution in [0.15, 0.2) is 54.5 Å². The van der Waals surface area contributed by atoms with Gasteiger partial charge in [0.1, 0.15) is 6.10 Å². The lowest BCUT2D eigenvalue weighted by atomic mass is 9.97. The van der Waals surface area contributed by atoms with E-state index < -0.39 is 56.3 Å². The summed E-state index contributed by atoms with van der Waals surface area (Å²) in [7, 11) is 3.00. The highest BCUT2D eigenvalue weighted by Gasteiger charge is 2.16. The largest absolute Gasteiger partial charge is 0.367 e. The van der Waals surface area contributed by atoms with Crippen molar-refractivity contribution in [3.8, 4) is 0 Å². The first-order valence-electron chi connectivity index (χ1n) is 11.2. The summed E-state index contributed by atoms with van der Waals surface area (Å²) < 4.78 is 85.5. The first-order chi connectivity index (χ1) is 13.7. The second-order valence-electron chi connectivity index (χ2n) is 4.37. The van der Waals surface area contributed by atoms with Crippen molar-refractivity contribution in [2.24, 2.45) is 0 Å². The van der Waals surface area contributed by atoms with Crippen LogP contribution in [0.25, 0.3) is 0 Å². The van der Waals surface area contributed by atoms with Crippen LogP contribution in [0.5, 0.6) is 0 Å². The van der Waals surface area contributed by atoms with E-state index in [2.05, 4.69) is 0 Å². The Balaban J connectivity index is 2.76. The fraction of sp³-hybridized carbons (Fsp3) is 0.333. The Kier molecular flexibility index (Phi) is 2.32. The Morgan fingerprint density at radius 1 is 1.25 bits per heavy atom. The second kappa shape index (κ2) is 7.22. The summed E-state index contributed by atoms with van der Waals surface area (Å²) in [5.41, 5.74) is -0.259. The van der Waals surface area contributed by atoms with E-state index in [1.807, 2.05) is 0 Å². The average molecular weight is 279 g/mol. The molecule has 2 heteroatoms. The lowest BCUT2D eigenvalue weighted by Crippen LogP contribution is -2.20. The van der Waals surface area contributed by atoms with Crippen molar-refractivity contribution >= 4 is 0 Å². The molecule has 0 N–H and O–H groups in total. The molecule has 0 saturated carbocycles. The first kappa shape index (κ1) is 6.42. The Morgan fingerprint density at radius 2 is 2.00 bits per heavy atom. The maximum atomic E-state index is 8.26. The molecule has 0 amide bonds. The van der Waals surface area contributed by atoms with Gasteiger partial charge in [-0.15, -0.1) is 0 Å². The van der Waals surface area contributed by atoms with E-state index in [4.69, 9.17) is 18.4 Å². The van der Waals surface area contributed by atoms with Crippen LogP contribution >= 0.6 is 0 Å². The van der Waals surface area contributed by atoms with Gasteiger partial charge in [-0.3, -0.25) is 0 Å². The predicted octanol–water partition coefficient (Wildman–Crippen LogP) is 3.66. The number of aryl methyl sites for hydroxylation is 1. The molecule has 0 aliphatic carbocycles. The first-order valence-corrected chi connectivity index (χ1v) is 6.15. The summed E-state index contributed by atoms with van der Waals surface area (Å²) in [6, 6.07) is 3.06. The number of nitrogens with zero attached hydrogens (tertiary/aromatic N) is 1. The second-order valence-corrected chi connectivity index (χ2v) is 4.37. The molecule has 0 radical (unpaired) electrons. The van der Waals surface area contributed by atoms with E-state index >= 15 is 0 Å². The van der Waals surface area contributed by atoms with Crippen LogP contribution in [-0.4, -0.2) is 32.1 Å². The molecule has 0 aromatic heterocycles. The maximum Gasteiger partial charge on any atom is 0.108 e. The van der Waals surface area contributed by atoms with Gasteiger partial charge < -0.3 is 9.64 Å². The number of likely N-dealkylation sites (N-methyl/N-ethyl adjacent to an activating group) is 1. The van der Waals surface area contributed by atoms with E-state index in [1.165, 1.54) is 37.2 Å². The third kappa shape index (κ3) is 3.92. The van der Waals surface area contributed by atoms with Crippen LogP contribution in [0.3, 0.4) is 0 Å². The van der Waals surface area contributed by atoms with Gasteiger partial charge in [0.05, 0.1) is 13.5 Å². The highest BCUT2D eigenvalue weighted by atomic mass is 16.5. The van der Waals surface area contributed by atoms with Crippen molar-refractivity contribution in [3.05, 3.63) is 71.2 Å². The van der Waals surface area contributed by atoms with Gasteiger partial charge >= 0.3 is 0 Å². The van der Waals surface area contributed by atoms with Gasteiger partial charge in [0.25, 0.3) is 0 Å². The van der Waals surface area contributed by atoms with E-state index in [1.54, 1.807) is 6.07 Å². The van der Waals surface area contributed by atoms with E-state index in [-0.39, 0.29) is 16.7 Å². The minimum atomic E-state index is -2.55. The molecule has 2 aromatic rings. The molecule has 1 atom stereocenters. The molecule has 1 unspecified atom stereocenters. The summed E-state index contributed by atoms with van der Waals surface area (Å²) in [6.45, 7) is -5.02. The van der Waals surface area contributed by atoms with Crippen molar-refractivity contribution in [3.63, 3.8) is 0 Å². The van der Waals surface area contributed by atoms with Crippen LogP contribution in [0.2, 0.25) is 0 Å². The summed E-state index contributed by atoms with van der Waals surface area (Å²) in [6.07, 6.45) is -1.38. The molecule has 0 spiro atoms. The number of ether oxygens (including phenoxy) is 1. The van der Waals surface area contributed by atoms with Crippen LogP contribution < -0.4 is 0 Å².